The molecule has 5 rings (SSSR count). The summed E-state index contributed by atoms with van der Waals surface area (Å²) in [4.78, 5) is 44.4. The fraction of sp³-hybridized carbons (Fsp3) is 0.346. The van der Waals surface area contributed by atoms with Gasteiger partial charge in [0.1, 0.15) is 6.04 Å². The number of carbonyl (C=O) groups excluding carboxylic acids is 3. The number of amides is 2. The van der Waals surface area contributed by atoms with E-state index in [1.807, 2.05) is 49.9 Å². The van der Waals surface area contributed by atoms with Gasteiger partial charge in [-0.25, -0.2) is 0 Å². The lowest BCUT2D eigenvalue weighted by molar-refractivity contribution is -0.142. The van der Waals surface area contributed by atoms with Crippen LogP contribution >= 0.6 is 11.6 Å². The van der Waals surface area contributed by atoms with Crippen molar-refractivity contribution in [2.45, 2.75) is 45.3 Å². The molecule has 164 valence electrons. The van der Waals surface area contributed by atoms with Crippen molar-refractivity contribution in [1.82, 2.24) is 4.90 Å². The first kappa shape index (κ1) is 21.0. The second-order valence-electron chi connectivity index (χ2n) is 8.94. The molecule has 5 atom stereocenters. The van der Waals surface area contributed by atoms with E-state index in [1.54, 1.807) is 24.3 Å². The van der Waals surface area contributed by atoms with Crippen LogP contribution in [-0.2, 0) is 9.59 Å². The molecule has 2 fully saturated rings. The number of rotatable bonds is 4. The first-order chi connectivity index (χ1) is 15.3. The van der Waals surface area contributed by atoms with Crippen LogP contribution in [0.5, 0.6) is 0 Å². The van der Waals surface area contributed by atoms with Gasteiger partial charge in [-0.3, -0.25) is 19.3 Å². The number of halogens is 1. The molecule has 0 N–H and O–H groups in total. The number of nitrogens with zero attached hydrogens (tertiary/aromatic N) is 2. The normalized spacial score (nSPS) is 27.1. The van der Waals surface area contributed by atoms with E-state index in [4.69, 9.17) is 11.6 Å². The largest absolute Gasteiger partial charge is 0.352 e. The number of likely N-dealkylation sites (tertiary alicyclic amines) is 1. The molecule has 0 aromatic heterocycles. The molecule has 2 aromatic carbocycles. The van der Waals surface area contributed by atoms with Crippen molar-refractivity contribution in [3.05, 3.63) is 70.8 Å². The first-order valence-corrected chi connectivity index (χ1v) is 11.5. The van der Waals surface area contributed by atoms with Crippen LogP contribution in [0.1, 0.15) is 43.1 Å². The van der Waals surface area contributed by atoms with E-state index in [0.29, 0.717) is 17.0 Å². The van der Waals surface area contributed by atoms with Crippen LogP contribution in [0.3, 0.4) is 0 Å². The molecule has 0 bridgehead atoms. The lowest BCUT2D eigenvalue weighted by Gasteiger charge is -2.38. The lowest BCUT2D eigenvalue weighted by Crippen LogP contribution is -2.50. The minimum atomic E-state index is -0.748. The summed E-state index contributed by atoms with van der Waals surface area (Å²) < 4.78 is 0. The van der Waals surface area contributed by atoms with Gasteiger partial charge in [0.15, 0.2) is 5.78 Å². The second kappa shape index (κ2) is 7.59. The summed E-state index contributed by atoms with van der Waals surface area (Å²) in [7, 11) is 0. The molecule has 5 nitrogen and oxygen atoms in total. The predicted octanol–water partition coefficient (Wildman–Crippen LogP) is 4.60. The van der Waals surface area contributed by atoms with Crippen molar-refractivity contribution in [3.63, 3.8) is 0 Å². The topological polar surface area (TPSA) is 57.7 Å². The SMILES string of the molecule is CC[C@@H](C)N1C(=O)[C@@H]2[C@@H](C1=O)[C@H](C(=O)c1ccc(Cl)cc1)N1c3ccccc3C(C)=C[C@H]21. The highest BCUT2D eigenvalue weighted by Gasteiger charge is 2.64. The summed E-state index contributed by atoms with van der Waals surface area (Å²) in [6.07, 6.45) is 2.74. The minimum Gasteiger partial charge on any atom is -0.352 e. The average molecular weight is 449 g/mol. The van der Waals surface area contributed by atoms with Gasteiger partial charge in [-0.2, -0.15) is 0 Å². The van der Waals surface area contributed by atoms with Crippen molar-refractivity contribution >= 4 is 40.5 Å². The van der Waals surface area contributed by atoms with Crippen LogP contribution in [0.25, 0.3) is 5.57 Å². The zero-order chi connectivity index (χ0) is 22.7. The van der Waals surface area contributed by atoms with Gasteiger partial charge in [-0.15, -0.1) is 0 Å². The molecule has 32 heavy (non-hydrogen) atoms. The summed E-state index contributed by atoms with van der Waals surface area (Å²) >= 11 is 6.04. The van der Waals surface area contributed by atoms with E-state index in [2.05, 4.69) is 6.08 Å². The number of para-hydroxylation sites is 1. The molecule has 3 aliphatic rings. The number of Topliss-reactive ketones (excluding diaryl/α,β-unsaturated/α-hetero) is 1. The number of carbonyl (C=O) groups is 3. The van der Waals surface area contributed by atoms with Crippen molar-refractivity contribution in [3.8, 4) is 0 Å². The first-order valence-electron chi connectivity index (χ1n) is 11.1. The molecule has 0 radical (unpaired) electrons. The molecule has 0 saturated carbocycles. The van der Waals surface area contributed by atoms with Crippen molar-refractivity contribution in [2.24, 2.45) is 11.8 Å². The quantitative estimate of drug-likeness (QED) is 0.506. The Morgan fingerprint density at radius 3 is 2.38 bits per heavy atom. The van der Waals surface area contributed by atoms with E-state index in [0.717, 1.165) is 16.8 Å². The van der Waals surface area contributed by atoms with Gasteiger partial charge in [0.25, 0.3) is 0 Å². The molecule has 2 aromatic rings. The van der Waals surface area contributed by atoms with Crippen molar-refractivity contribution in [1.29, 1.82) is 0 Å². The number of hydrogen-bond donors (Lipinski definition) is 0. The molecule has 0 unspecified atom stereocenters. The number of ketones is 1. The summed E-state index contributed by atoms with van der Waals surface area (Å²) in [6.45, 7) is 5.87. The maximum absolute atomic E-state index is 13.9. The highest BCUT2D eigenvalue weighted by molar-refractivity contribution is 6.30. The maximum atomic E-state index is 13.9. The van der Waals surface area contributed by atoms with Gasteiger partial charge < -0.3 is 4.90 Å². The van der Waals surface area contributed by atoms with Gasteiger partial charge in [-0.05, 0) is 56.2 Å². The van der Waals surface area contributed by atoms with Crippen LogP contribution in [0.2, 0.25) is 5.02 Å². The van der Waals surface area contributed by atoms with Gasteiger partial charge >= 0.3 is 0 Å². The maximum Gasteiger partial charge on any atom is 0.236 e. The van der Waals surface area contributed by atoms with Gasteiger partial charge in [0, 0.05) is 27.9 Å². The van der Waals surface area contributed by atoms with Crippen molar-refractivity contribution < 1.29 is 14.4 Å². The van der Waals surface area contributed by atoms with E-state index >= 15 is 0 Å². The Kier molecular flexibility index (Phi) is 4.97. The number of allylic oxidation sites excluding steroid dienone is 1. The molecule has 0 aliphatic carbocycles. The van der Waals surface area contributed by atoms with Gasteiger partial charge in [0.05, 0.1) is 17.9 Å². The number of anilines is 1. The molecule has 2 amide bonds. The monoisotopic (exact) mass is 448 g/mol. The zero-order valence-corrected chi connectivity index (χ0v) is 19.0. The fourth-order valence-corrected chi connectivity index (χ4v) is 5.65. The van der Waals surface area contributed by atoms with E-state index < -0.39 is 17.9 Å². The Morgan fingerprint density at radius 2 is 1.69 bits per heavy atom. The third-order valence-corrected chi connectivity index (χ3v) is 7.47. The average Bonchev–Trinajstić information content (AvgIpc) is 3.26. The minimum absolute atomic E-state index is 0.158. The molecule has 0 spiro atoms. The number of hydrogen-bond acceptors (Lipinski definition) is 4. The second-order valence-corrected chi connectivity index (χ2v) is 9.37. The Labute approximate surface area is 192 Å². The number of benzene rings is 2. The molecular weight excluding hydrogens is 424 g/mol. The molecule has 3 aliphatic heterocycles. The molecule has 3 heterocycles. The zero-order valence-electron chi connectivity index (χ0n) is 18.3. The Balaban J connectivity index is 1.68. The van der Waals surface area contributed by atoms with Crippen LogP contribution in [0, 0.1) is 11.8 Å². The van der Waals surface area contributed by atoms with Crippen LogP contribution < -0.4 is 4.90 Å². The van der Waals surface area contributed by atoms with E-state index in [-0.39, 0.29) is 29.7 Å². The molecule has 2 saturated heterocycles. The third-order valence-electron chi connectivity index (χ3n) is 7.22. The summed E-state index contributed by atoms with van der Waals surface area (Å²) in [5.41, 5.74) is 3.47. The van der Waals surface area contributed by atoms with E-state index in [1.165, 1.54) is 4.90 Å². The summed E-state index contributed by atoms with van der Waals surface area (Å²) in [5, 5.41) is 0.542. The van der Waals surface area contributed by atoms with Crippen LogP contribution in [0.15, 0.2) is 54.6 Å². The third kappa shape index (κ3) is 2.87. The summed E-state index contributed by atoms with van der Waals surface area (Å²) in [6, 6.07) is 13.4. The fourth-order valence-electron chi connectivity index (χ4n) is 5.52. The highest BCUT2D eigenvalue weighted by atomic mass is 35.5. The Hall–Kier alpha value is -2.92. The van der Waals surface area contributed by atoms with Gasteiger partial charge in [0.2, 0.25) is 11.8 Å². The lowest BCUT2D eigenvalue weighted by atomic mass is 9.85. The van der Waals surface area contributed by atoms with Crippen LogP contribution in [-0.4, -0.2) is 40.6 Å². The van der Waals surface area contributed by atoms with Crippen LogP contribution in [0.4, 0.5) is 5.69 Å². The number of fused-ring (bicyclic) bond motifs is 5. The summed E-state index contributed by atoms with van der Waals surface area (Å²) in [5.74, 6) is -1.84. The standard InChI is InChI=1S/C26H25ClN2O3/c1-4-15(3)28-25(31)21-20-13-14(2)18-7-5-6-8-19(18)29(20)23(22(21)26(28)32)24(30)16-9-11-17(27)12-10-16/h5-13,15,20-23H,4H2,1-3H3/t15-,20-,21+,22-,23-/m1/s1. The Morgan fingerprint density at radius 1 is 1.03 bits per heavy atom. The molecule has 6 heteroatoms. The predicted molar refractivity (Wildman–Crippen MR) is 125 cm³/mol. The van der Waals surface area contributed by atoms with Gasteiger partial charge in [-0.1, -0.05) is 42.8 Å². The Bertz CT molecular complexity index is 1160. The molecular formula is C26H25ClN2O3. The highest BCUT2D eigenvalue weighted by Crippen LogP contribution is 2.50. The van der Waals surface area contributed by atoms with Crippen molar-refractivity contribution in [2.75, 3.05) is 4.90 Å². The number of imide groups is 1. The van der Waals surface area contributed by atoms with E-state index in [9.17, 15) is 14.4 Å². The smallest absolute Gasteiger partial charge is 0.236 e.